The molecule has 0 fully saturated rings. The van der Waals surface area contributed by atoms with Gasteiger partial charge < -0.3 is 0 Å². The lowest BCUT2D eigenvalue weighted by Crippen LogP contribution is -2.20. The van der Waals surface area contributed by atoms with Gasteiger partial charge in [0.2, 0.25) is 0 Å². The zero-order valence-corrected chi connectivity index (χ0v) is 7.98. The molecule has 0 amide bonds. The molecular formula is C10H7ClN2O. The van der Waals surface area contributed by atoms with Gasteiger partial charge in [-0.1, -0.05) is 29.8 Å². The van der Waals surface area contributed by atoms with Crippen LogP contribution in [-0.2, 0) is 0 Å². The molecule has 0 saturated carbocycles. The van der Waals surface area contributed by atoms with E-state index in [0.29, 0.717) is 5.69 Å². The third kappa shape index (κ3) is 1.54. The Kier molecular flexibility index (Phi) is 2.33. The zero-order chi connectivity index (χ0) is 9.97. The monoisotopic (exact) mass is 206 g/mol. The van der Waals surface area contributed by atoms with E-state index >= 15 is 0 Å². The molecule has 0 aliphatic rings. The molecule has 0 aliphatic heterocycles. The Morgan fingerprint density at radius 2 is 1.86 bits per heavy atom. The standard InChI is InChI=1S/C10H7ClN2O/c11-9-6-7-12-13(10(9)14)8-4-2-1-3-5-8/h1-7H. The van der Waals surface area contributed by atoms with Gasteiger partial charge in [-0.3, -0.25) is 4.79 Å². The molecule has 1 aromatic heterocycles. The van der Waals surface area contributed by atoms with E-state index in [9.17, 15) is 4.79 Å². The number of halogens is 1. The van der Waals surface area contributed by atoms with Crippen molar-refractivity contribution < 1.29 is 0 Å². The van der Waals surface area contributed by atoms with Crippen LogP contribution in [0.5, 0.6) is 0 Å². The summed E-state index contributed by atoms with van der Waals surface area (Å²) in [6.07, 6.45) is 1.50. The molecule has 0 unspecified atom stereocenters. The molecule has 0 spiro atoms. The van der Waals surface area contributed by atoms with E-state index in [1.807, 2.05) is 18.2 Å². The van der Waals surface area contributed by atoms with E-state index in [-0.39, 0.29) is 10.6 Å². The molecule has 0 radical (unpaired) electrons. The second-order valence-corrected chi connectivity index (χ2v) is 3.14. The predicted molar refractivity (Wildman–Crippen MR) is 54.8 cm³/mol. The lowest BCUT2D eigenvalue weighted by Gasteiger charge is -2.02. The summed E-state index contributed by atoms with van der Waals surface area (Å²) in [6, 6.07) is 10.6. The van der Waals surface area contributed by atoms with E-state index in [2.05, 4.69) is 5.10 Å². The minimum Gasteiger partial charge on any atom is -0.266 e. The first kappa shape index (κ1) is 8.97. The average molecular weight is 207 g/mol. The Balaban J connectivity index is 2.64. The topological polar surface area (TPSA) is 34.9 Å². The maximum atomic E-state index is 11.5. The van der Waals surface area contributed by atoms with Crippen molar-refractivity contribution in [3.8, 4) is 5.69 Å². The number of nitrogens with zero attached hydrogens (tertiary/aromatic N) is 2. The van der Waals surface area contributed by atoms with Crippen LogP contribution in [0.25, 0.3) is 5.69 Å². The van der Waals surface area contributed by atoms with Gasteiger partial charge in [-0.15, -0.1) is 0 Å². The van der Waals surface area contributed by atoms with E-state index in [4.69, 9.17) is 11.6 Å². The summed E-state index contributed by atoms with van der Waals surface area (Å²) in [6.45, 7) is 0. The second kappa shape index (κ2) is 3.64. The fourth-order valence-electron chi connectivity index (χ4n) is 1.14. The fourth-order valence-corrected chi connectivity index (χ4v) is 1.28. The summed E-state index contributed by atoms with van der Waals surface area (Å²) in [4.78, 5) is 11.5. The Morgan fingerprint density at radius 1 is 1.14 bits per heavy atom. The van der Waals surface area contributed by atoms with Gasteiger partial charge in [0.25, 0.3) is 5.56 Å². The molecule has 1 aromatic carbocycles. The van der Waals surface area contributed by atoms with E-state index < -0.39 is 0 Å². The number of para-hydroxylation sites is 1. The minimum atomic E-state index is -0.305. The van der Waals surface area contributed by atoms with Crippen LogP contribution < -0.4 is 5.56 Å². The highest BCUT2D eigenvalue weighted by atomic mass is 35.5. The first-order valence-electron chi connectivity index (χ1n) is 4.08. The van der Waals surface area contributed by atoms with Gasteiger partial charge in [0.15, 0.2) is 0 Å². The van der Waals surface area contributed by atoms with Crippen molar-refractivity contribution in [3.63, 3.8) is 0 Å². The van der Waals surface area contributed by atoms with E-state index in [1.54, 1.807) is 12.1 Å². The minimum absolute atomic E-state index is 0.170. The highest BCUT2D eigenvalue weighted by molar-refractivity contribution is 6.30. The summed E-state index contributed by atoms with van der Waals surface area (Å²) < 4.78 is 1.27. The van der Waals surface area contributed by atoms with Crippen molar-refractivity contribution in [3.05, 3.63) is 58.0 Å². The molecule has 0 saturated heterocycles. The van der Waals surface area contributed by atoms with Crippen molar-refractivity contribution in [1.82, 2.24) is 9.78 Å². The Labute approximate surface area is 85.6 Å². The summed E-state index contributed by atoms with van der Waals surface area (Å²) in [5, 5.41) is 4.10. The van der Waals surface area contributed by atoms with Gasteiger partial charge in [-0.2, -0.15) is 9.78 Å². The Morgan fingerprint density at radius 3 is 2.57 bits per heavy atom. The third-order valence-corrected chi connectivity index (χ3v) is 2.09. The van der Waals surface area contributed by atoms with Gasteiger partial charge in [0, 0.05) is 6.20 Å². The quantitative estimate of drug-likeness (QED) is 0.714. The van der Waals surface area contributed by atoms with Crippen molar-refractivity contribution in [2.24, 2.45) is 0 Å². The normalized spacial score (nSPS) is 10.1. The fraction of sp³-hybridized carbons (Fsp3) is 0. The smallest absolute Gasteiger partial charge is 0.266 e. The van der Waals surface area contributed by atoms with Crippen LogP contribution in [0, 0.1) is 0 Å². The van der Waals surface area contributed by atoms with Crippen molar-refractivity contribution in [1.29, 1.82) is 0 Å². The van der Waals surface area contributed by atoms with Gasteiger partial charge in [-0.05, 0) is 18.2 Å². The lowest BCUT2D eigenvalue weighted by molar-refractivity contribution is 0.807. The maximum absolute atomic E-state index is 11.5. The van der Waals surface area contributed by atoms with E-state index in [1.165, 1.54) is 16.9 Å². The van der Waals surface area contributed by atoms with Crippen LogP contribution in [0.4, 0.5) is 0 Å². The lowest BCUT2D eigenvalue weighted by atomic mass is 10.3. The molecule has 0 N–H and O–H groups in total. The van der Waals surface area contributed by atoms with Crippen molar-refractivity contribution in [2.75, 3.05) is 0 Å². The molecular weight excluding hydrogens is 200 g/mol. The van der Waals surface area contributed by atoms with Gasteiger partial charge in [-0.25, -0.2) is 0 Å². The molecule has 1 heterocycles. The molecule has 0 atom stereocenters. The predicted octanol–water partition coefficient (Wildman–Crippen LogP) is 1.89. The van der Waals surface area contributed by atoms with Crippen LogP contribution in [0.1, 0.15) is 0 Å². The number of hydrogen-bond donors (Lipinski definition) is 0. The SMILES string of the molecule is O=c1c(Cl)ccnn1-c1ccccc1. The average Bonchev–Trinajstić information content (AvgIpc) is 2.23. The summed E-state index contributed by atoms with van der Waals surface area (Å²) in [5.41, 5.74) is 0.403. The van der Waals surface area contributed by atoms with Gasteiger partial charge in [0.1, 0.15) is 5.02 Å². The Bertz CT molecular complexity index is 493. The van der Waals surface area contributed by atoms with Crippen LogP contribution >= 0.6 is 11.6 Å². The second-order valence-electron chi connectivity index (χ2n) is 2.73. The van der Waals surface area contributed by atoms with Crippen LogP contribution in [-0.4, -0.2) is 9.78 Å². The van der Waals surface area contributed by atoms with E-state index in [0.717, 1.165) is 0 Å². The first-order chi connectivity index (χ1) is 6.79. The number of aromatic nitrogens is 2. The third-order valence-electron chi connectivity index (χ3n) is 1.80. The zero-order valence-electron chi connectivity index (χ0n) is 7.22. The van der Waals surface area contributed by atoms with Crippen molar-refractivity contribution >= 4 is 11.6 Å². The molecule has 14 heavy (non-hydrogen) atoms. The molecule has 3 nitrogen and oxygen atoms in total. The molecule has 0 aliphatic carbocycles. The van der Waals surface area contributed by atoms with Gasteiger partial charge in [0.05, 0.1) is 5.69 Å². The molecule has 2 aromatic rings. The van der Waals surface area contributed by atoms with Gasteiger partial charge >= 0.3 is 0 Å². The van der Waals surface area contributed by atoms with Crippen molar-refractivity contribution in [2.45, 2.75) is 0 Å². The molecule has 70 valence electrons. The highest BCUT2D eigenvalue weighted by Crippen LogP contribution is 2.04. The molecule has 0 bridgehead atoms. The largest absolute Gasteiger partial charge is 0.290 e. The molecule has 2 rings (SSSR count). The van der Waals surface area contributed by atoms with Crippen LogP contribution in [0.2, 0.25) is 5.02 Å². The Hall–Kier alpha value is -1.61. The number of rotatable bonds is 1. The van der Waals surface area contributed by atoms with Crippen LogP contribution in [0.3, 0.4) is 0 Å². The molecule has 4 heteroatoms. The first-order valence-corrected chi connectivity index (χ1v) is 4.46. The number of benzene rings is 1. The highest BCUT2D eigenvalue weighted by Gasteiger charge is 2.02. The summed E-state index contributed by atoms with van der Waals surface area (Å²) >= 11 is 5.69. The van der Waals surface area contributed by atoms with Crippen LogP contribution in [0.15, 0.2) is 47.4 Å². The number of hydrogen-bond acceptors (Lipinski definition) is 2. The summed E-state index contributed by atoms with van der Waals surface area (Å²) in [5.74, 6) is 0. The summed E-state index contributed by atoms with van der Waals surface area (Å²) in [7, 11) is 0. The maximum Gasteiger partial charge on any atom is 0.290 e.